The Morgan fingerprint density at radius 2 is 1.88 bits per heavy atom. The predicted octanol–water partition coefficient (Wildman–Crippen LogP) is 4.41. The van der Waals surface area contributed by atoms with Crippen molar-refractivity contribution in [3.8, 4) is 0 Å². The van der Waals surface area contributed by atoms with Crippen LogP contribution in [0.3, 0.4) is 0 Å². The van der Waals surface area contributed by atoms with Crippen molar-refractivity contribution in [2.75, 3.05) is 5.32 Å². The van der Waals surface area contributed by atoms with Crippen LogP contribution in [0.15, 0.2) is 17.3 Å². The molecule has 24 heavy (non-hydrogen) atoms. The molecule has 0 radical (unpaired) electrons. The van der Waals surface area contributed by atoms with Crippen LogP contribution in [0, 0.1) is 5.92 Å². The lowest BCUT2D eigenvalue weighted by Gasteiger charge is -2.14. The molecule has 1 aromatic heterocycles. The van der Waals surface area contributed by atoms with Gasteiger partial charge in [-0.05, 0) is 35.4 Å². The normalized spacial score (nSPS) is 12.5. The summed E-state index contributed by atoms with van der Waals surface area (Å²) in [5.41, 5.74) is 0.335. The van der Waals surface area contributed by atoms with Gasteiger partial charge in [-0.25, -0.2) is 4.68 Å². The molecule has 1 amide bonds. The first-order chi connectivity index (χ1) is 11.3. The summed E-state index contributed by atoms with van der Waals surface area (Å²) in [6.07, 6.45) is 0. The molecule has 0 aliphatic heterocycles. The van der Waals surface area contributed by atoms with Gasteiger partial charge in [-0.2, -0.15) is 0 Å². The molecule has 0 spiro atoms. The summed E-state index contributed by atoms with van der Waals surface area (Å²) in [6, 6.07) is 3.04. The van der Waals surface area contributed by atoms with E-state index in [1.165, 1.54) is 23.9 Å². The van der Waals surface area contributed by atoms with Gasteiger partial charge in [0.15, 0.2) is 0 Å². The van der Waals surface area contributed by atoms with Crippen molar-refractivity contribution >= 4 is 58.2 Å². The molecule has 0 fully saturated rings. The number of rotatable bonds is 6. The highest BCUT2D eigenvalue weighted by molar-refractivity contribution is 8.00. The third-order valence-electron chi connectivity index (χ3n) is 2.94. The largest absolute Gasteiger partial charge is 0.323 e. The van der Waals surface area contributed by atoms with Crippen LogP contribution < -0.4 is 5.32 Å². The highest BCUT2D eigenvalue weighted by atomic mass is 35.5. The summed E-state index contributed by atoms with van der Waals surface area (Å²) >= 11 is 19.3. The zero-order valence-electron chi connectivity index (χ0n) is 13.3. The number of nitrogens with one attached hydrogen (secondary N) is 1. The van der Waals surface area contributed by atoms with E-state index in [9.17, 15) is 4.79 Å². The number of amides is 1. The van der Waals surface area contributed by atoms with Gasteiger partial charge in [0.1, 0.15) is 0 Å². The van der Waals surface area contributed by atoms with Gasteiger partial charge in [-0.3, -0.25) is 4.79 Å². The smallest absolute Gasteiger partial charge is 0.237 e. The number of nitrogens with zero attached hydrogens (tertiary/aromatic N) is 4. The van der Waals surface area contributed by atoms with Gasteiger partial charge in [-0.1, -0.05) is 60.4 Å². The molecule has 10 heteroatoms. The second kappa shape index (κ2) is 8.38. The van der Waals surface area contributed by atoms with Gasteiger partial charge < -0.3 is 5.32 Å². The minimum Gasteiger partial charge on any atom is -0.323 e. The maximum absolute atomic E-state index is 12.4. The van der Waals surface area contributed by atoms with E-state index in [1.54, 1.807) is 11.6 Å². The van der Waals surface area contributed by atoms with Gasteiger partial charge in [-0.15, -0.1) is 5.10 Å². The fraction of sp³-hybridized carbons (Fsp3) is 0.429. The van der Waals surface area contributed by atoms with Crippen molar-refractivity contribution in [1.82, 2.24) is 20.2 Å². The monoisotopic (exact) mass is 407 g/mol. The van der Waals surface area contributed by atoms with Crippen LogP contribution in [-0.2, 0) is 11.3 Å². The van der Waals surface area contributed by atoms with Crippen molar-refractivity contribution in [3.63, 3.8) is 0 Å². The molecular formula is C14H16Cl3N5OS. The van der Waals surface area contributed by atoms with Crippen LogP contribution in [0.25, 0.3) is 0 Å². The van der Waals surface area contributed by atoms with Crippen molar-refractivity contribution in [2.24, 2.45) is 5.92 Å². The molecule has 6 nitrogen and oxygen atoms in total. The average molecular weight is 409 g/mol. The Hall–Kier alpha value is -1.02. The number of carbonyl (C=O) groups is 1. The SMILES string of the molecule is CC(C)Cn1nnnc1SC(C)C(=O)Nc1c(Cl)cc(Cl)cc1Cl. The van der Waals surface area contributed by atoms with Gasteiger partial charge >= 0.3 is 0 Å². The van der Waals surface area contributed by atoms with Crippen molar-refractivity contribution < 1.29 is 4.79 Å². The topological polar surface area (TPSA) is 72.7 Å². The summed E-state index contributed by atoms with van der Waals surface area (Å²) < 4.78 is 1.68. The quantitative estimate of drug-likeness (QED) is 0.717. The molecule has 1 atom stereocenters. The van der Waals surface area contributed by atoms with Crippen LogP contribution in [0.1, 0.15) is 20.8 Å². The standard InChI is InChI=1S/C14H16Cl3N5OS/c1-7(2)6-22-14(19-20-21-22)24-8(3)13(23)18-12-10(16)4-9(15)5-11(12)17/h4-5,7-8H,6H2,1-3H3,(H,18,23). The molecule has 130 valence electrons. The number of halogens is 3. The summed E-state index contributed by atoms with van der Waals surface area (Å²) in [4.78, 5) is 12.4. The molecule has 2 aromatic rings. The lowest BCUT2D eigenvalue weighted by molar-refractivity contribution is -0.115. The average Bonchev–Trinajstić information content (AvgIpc) is 2.88. The number of anilines is 1. The maximum atomic E-state index is 12.4. The third-order valence-corrected chi connectivity index (χ3v) is 4.83. The van der Waals surface area contributed by atoms with E-state index >= 15 is 0 Å². The number of aromatic nitrogens is 4. The number of hydrogen-bond donors (Lipinski definition) is 1. The van der Waals surface area contributed by atoms with E-state index in [0.29, 0.717) is 28.3 Å². The number of hydrogen-bond acceptors (Lipinski definition) is 5. The van der Waals surface area contributed by atoms with Crippen LogP contribution in [0.4, 0.5) is 5.69 Å². The summed E-state index contributed by atoms with van der Waals surface area (Å²) in [5, 5.41) is 15.4. The lowest BCUT2D eigenvalue weighted by atomic mass is 10.2. The molecule has 1 aromatic carbocycles. The molecule has 1 N–H and O–H groups in total. The van der Waals surface area contributed by atoms with Gasteiger partial charge in [0.05, 0.1) is 21.0 Å². The molecule has 1 unspecified atom stereocenters. The fourth-order valence-corrected chi connectivity index (χ4v) is 3.55. The van der Waals surface area contributed by atoms with Crippen LogP contribution in [0.5, 0.6) is 0 Å². The number of benzene rings is 1. The maximum Gasteiger partial charge on any atom is 0.237 e. The van der Waals surface area contributed by atoms with E-state index < -0.39 is 5.25 Å². The Labute approximate surface area is 159 Å². The third kappa shape index (κ3) is 4.99. The highest BCUT2D eigenvalue weighted by Gasteiger charge is 2.21. The Morgan fingerprint density at radius 1 is 1.25 bits per heavy atom. The van der Waals surface area contributed by atoms with Crippen LogP contribution in [0.2, 0.25) is 15.1 Å². The molecule has 0 saturated heterocycles. The van der Waals surface area contributed by atoms with E-state index in [4.69, 9.17) is 34.8 Å². The fourth-order valence-electron chi connectivity index (χ4n) is 1.84. The van der Waals surface area contributed by atoms with E-state index in [0.717, 1.165) is 0 Å². The summed E-state index contributed by atoms with van der Waals surface area (Å²) in [6.45, 7) is 6.57. The molecule has 0 aliphatic rings. The molecule has 2 rings (SSSR count). The molecule has 0 saturated carbocycles. The first-order valence-corrected chi connectivity index (χ1v) is 9.17. The Bertz CT molecular complexity index is 714. The molecule has 0 bridgehead atoms. The predicted molar refractivity (Wildman–Crippen MR) is 98.1 cm³/mol. The number of thioether (sulfide) groups is 1. The van der Waals surface area contributed by atoms with Crippen molar-refractivity contribution in [1.29, 1.82) is 0 Å². The lowest BCUT2D eigenvalue weighted by Crippen LogP contribution is -2.23. The van der Waals surface area contributed by atoms with Crippen molar-refractivity contribution in [3.05, 3.63) is 27.2 Å². The first kappa shape index (κ1) is 19.3. The molecular weight excluding hydrogens is 393 g/mol. The Kier molecular flexibility index (Phi) is 6.74. The van der Waals surface area contributed by atoms with E-state index in [1.807, 2.05) is 0 Å². The van der Waals surface area contributed by atoms with Crippen LogP contribution in [-0.4, -0.2) is 31.4 Å². The summed E-state index contributed by atoms with van der Waals surface area (Å²) in [7, 11) is 0. The zero-order valence-corrected chi connectivity index (χ0v) is 16.3. The van der Waals surface area contributed by atoms with Crippen molar-refractivity contribution in [2.45, 2.75) is 37.7 Å². The van der Waals surface area contributed by atoms with Gasteiger partial charge in [0.2, 0.25) is 11.1 Å². The molecule has 1 heterocycles. The second-order valence-corrected chi connectivity index (χ2v) is 8.09. The van der Waals surface area contributed by atoms with Crippen LogP contribution >= 0.6 is 46.6 Å². The van der Waals surface area contributed by atoms with E-state index in [2.05, 4.69) is 34.7 Å². The minimum absolute atomic E-state index is 0.259. The number of carbonyl (C=O) groups excluding carboxylic acids is 1. The summed E-state index contributed by atoms with van der Waals surface area (Å²) in [5.74, 6) is 0.133. The van der Waals surface area contributed by atoms with Gasteiger partial charge in [0, 0.05) is 11.6 Å². The molecule has 0 aliphatic carbocycles. The Balaban J connectivity index is 2.07. The minimum atomic E-state index is -0.440. The zero-order chi connectivity index (χ0) is 17.9. The second-order valence-electron chi connectivity index (χ2n) is 5.53. The number of tetrazole rings is 1. The van der Waals surface area contributed by atoms with E-state index in [-0.39, 0.29) is 16.0 Å². The Morgan fingerprint density at radius 3 is 2.46 bits per heavy atom. The first-order valence-electron chi connectivity index (χ1n) is 7.16. The van der Waals surface area contributed by atoms with Gasteiger partial charge in [0.25, 0.3) is 0 Å². The highest BCUT2D eigenvalue weighted by Crippen LogP contribution is 2.34.